The van der Waals surface area contributed by atoms with Crippen molar-refractivity contribution in [2.24, 2.45) is 0 Å². The van der Waals surface area contributed by atoms with Gasteiger partial charge in [-0.2, -0.15) is 18.4 Å². The summed E-state index contributed by atoms with van der Waals surface area (Å²) >= 11 is -0.630. The third-order valence-corrected chi connectivity index (χ3v) is 2.90. The quantitative estimate of drug-likeness (QED) is 0.486. The molecule has 1 aromatic carbocycles. The molecule has 0 unspecified atom stereocenters. The number of nitriles is 1. The summed E-state index contributed by atoms with van der Waals surface area (Å²) in [6.07, 6.45) is 0.230. The van der Waals surface area contributed by atoms with E-state index in [1.54, 1.807) is 6.07 Å². The topological polar surface area (TPSA) is 67.2 Å². The molecule has 100 valence electrons. The van der Waals surface area contributed by atoms with Gasteiger partial charge < -0.3 is 4.74 Å². The Balaban J connectivity index is 3.58. The molecule has 1 aromatic rings. The number of benzene rings is 1. The van der Waals surface area contributed by atoms with Crippen molar-refractivity contribution in [3.63, 3.8) is 0 Å². The Morgan fingerprint density at radius 3 is 2.53 bits per heavy atom. The van der Waals surface area contributed by atoms with Crippen molar-refractivity contribution in [1.29, 1.82) is 5.26 Å². The minimum Gasteiger partial charge on any atom is -0.465 e. The Morgan fingerprint density at radius 2 is 2.11 bits per heavy atom. The van der Waals surface area contributed by atoms with Crippen LogP contribution in [0, 0.1) is 11.3 Å². The number of esters is 1. The number of carbonyl (C=O) groups excluding carboxylic acids is 2. The monoisotopic (exact) mass is 289 g/mol. The van der Waals surface area contributed by atoms with E-state index >= 15 is 0 Å². The van der Waals surface area contributed by atoms with Gasteiger partial charge in [-0.3, -0.25) is 4.79 Å². The maximum Gasteiger partial charge on any atom is 0.446 e. The predicted octanol–water partition coefficient (Wildman–Crippen LogP) is 2.77. The summed E-state index contributed by atoms with van der Waals surface area (Å²) in [6.45, 7) is 0. The summed E-state index contributed by atoms with van der Waals surface area (Å²) in [5.41, 5.74) is -5.87. The highest BCUT2D eigenvalue weighted by Crippen LogP contribution is 2.41. The van der Waals surface area contributed by atoms with Crippen LogP contribution in [0.3, 0.4) is 0 Å². The van der Waals surface area contributed by atoms with Gasteiger partial charge in [0, 0.05) is 10.5 Å². The molecular weight excluding hydrogens is 283 g/mol. The molecule has 0 saturated heterocycles. The van der Waals surface area contributed by atoms with Crippen molar-refractivity contribution in [3.8, 4) is 6.07 Å². The molecule has 0 saturated carbocycles. The second kappa shape index (κ2) is 5.75. The van der Waals surface area contributed by atoms with Gasteiger partial charge in [0.1, 0.15) is 6.07 Å². The van der Waals surface area contributed by atoms with Gasteiger partial charge >= 0.3 is 11.5 Å². The number of hydrogen-bond acceptors (Lipinski definition) is 5. The predicted molar refractivity (Wildman–Crippen MR) is 59.8 cm³/mol. The Morgan fingerprint density at radius 1 is 1.47 bits per heavy atom. The standard InChI is InChI=1S/C11H6F3NO3S/c1-18-10(17)8-7(5-16)3-2-6(4-15)9(8)19-11(12,13)14/h2-3,5H,1H3. The van der Waals surface area contributed by atoms with E-state index in [9.17, 15) is 22.8 Å². The maximum absolute atomic E-state index is 12.5. The van der Waals surface area contributed by atoms with E-state index in [0.717, 1.165) is 19.2 Å². The number of carbonyl (C=O) groups is 2. The number of alkyl halides is 3. The second-order valence-corrected chi connectivity index (χ2v) is 4.25. The Labute approximate surface area is 110 Å². The third kappa shape index (κ3) is 3.48. The minimum atomic E-state index is -4.70. The molecule has 0 radical (unpaired) electrons. The molecule has 1 rings (SSSR count). The van der Waals surface area contributed by atoms with Gasteiger partial charge in [0.15, 0.2) is 6.29 Å². The zero-order valence-corrected chi connectivity index (χ0v) is 10.3. The highest BCUT2D eigenvalue weighted by atomic mass is 32.2. The minimum absolute atomic E-state index is 0.230. The first-order chi connectivity index (χ1) is 8.84. The van der Waals surface area contributed by atoms with E-state index in [1.165, 1.54) is 0 Å². The first-order valence-electron chi connectivity index (χ1n) is 4.70. The molecule has 0 amide bonds. The number of aldehydes is 1. The SMILES string of the molecule is COC(=O)c1c(C=O)ccc(C#N)c1SC(F)(F)F. The average Bonchev–Trinajstić information content (AvgIpc) is 2.35. The van der Waals surface area contributed by atoms with Crippen LogP contribution < -0.4 is 0 Å². The van der Waals surface area contributed by atoms with Crippen LogP contribution in [-0.4, -0.2) is 24.9 Å². The second-order valence-electron chi connectivity index (χ2n) is 3.18. The number of methoxy groups -OCH3 is 1. The fourth-order valence-corrected chi connectivity index (χ4v) is 2.08. The fourth-order valence-electron chi connectivity index (χ4n) is 1.32. The first kappa shape index (κ1) is 15.0. The third-order valence-electron chi connectivity index (χ3n) is 2.04. The van der Waals surface area contributed by atoms with Crippen LogP contribution in [0.15, 0.2) is 17.0 Å². The lowest BCUT2D eigenvalue weighted by Gasteiger charge is -2.12. The van der Waals surface area contributed by atoms with E-state index < -0.39 is 33.7 Å². The lowest BCUT2D eigenvalue weighted by atomic mass is 10.1. The van der Waals surface area contributed by atoms with E-state index in [0.29, 0.717) is 0 Å². The smallest absolute Gasteiger partial charge is 0.446 e. The summed E-state index contributed by atoms with van der Waals surface area (Å²) < 4.78 is 41.7. The van der Waals surface area contributed by atoms with Gasteiger partial charge in [-0.05, 0) is 23.9 Å². The summed E-state index contributed by atoms with van der Waals surface area (Å²) in [7, 11) is 0.970. The summed E-state index contributed by atoms with van der Waals surface area (Å²) in [6, 6.07) is 3.69. The Hall–Kier alpha value is -2.01. The molecule has 0 N–H and O–H groups in total. The molecule has 0 heterocycles. The largest absolute Gasteiger partial charge is 0.465 e. The van der Waals surface area contributed by atoms with Crippen LogP contribution in [-0.2, 0) is 4.74 Å². The van der Waals surface area contributed by atoms with Crippen LogP contribution in [0.25, 0.3) is 0 Å². The molecule has 0 atom stereocenters. The molecular formula is C11H6F3NO3S. The molecule has 0 bridgehead atoms. The van der Waals surface area contributed by atoms with Crippen molar-refractivity contribution < 1.29 is 27.5 Å². The van der Waals surface area contributed by atoms with Crippen molar-refractivity contribution in [2.45, 2.75) is 10.4 Å². The molecule has 19 heavy (non-hydrogen) atoms. The molecule has 8 heteroatoms. The van der Waals surface area contributed by atoms with Crippen LogP contribution >= 0.6 is 11.8 Å². The van der Waals surface area contributed by atoms with E-state index in [4.69, 9.17) is 5.26 Å². The maximum atomic E-state index is 12.5. The van der Waals surface area contributed by atoms with Crippen molar-refractivity contribution in [1.82, 2.24) is 0 Å². The highest BCUT2D eigenvalue weighted by Gasteiger charge is 2.34. The summed E-state index contributed by atoms with van der Waals surface area (Å²) in [5.74, 6) is -1.11. The number of rotatable bonds is 3. The van der Waals surface area contributed by atoms with E-state index in [2.05, 4.69) is 4.74 Å². The van der Waals surface area contributed by atoms with Crippen LogP contribution in [0.1, 0.15) is 26.3 Å². The number of thioether (sulfide) groups is 1. The molecule has 0 spiro atoms. The number of nitrogens with zero attached hydrogens (tertiary/aromatic N) is 1. The van der Waals surface area contributed by atoms with Gasteiger partial charge in [0.05, 0.1) is 18.2 Å². The van der Waals surface area contributed by atoms with Gasteiger partial charge in [-0.25, -0.2) is 4.79 Å². The summed E-state index contributed by atoms with van der Waals surface area (Å²) in [4.78, 5) is 21.6. The molecule has 0 aliphatic heterocycles. The zero-order chi connectivity index (χ0) is 14.6. The van der Waals surface area contributed by atoms with Crippen molar-refractivity contribution in [2.75, 3.05) is 7.11 Å². The Kier molecular flexibility index (Phi) is 4.56. The molecule has 0 aromatic heterocycles. The van der Waals surface area contributed by atoms with Crippen molar-refractivity contribution in [3.05, 3.63) is 28.8 Å². The summed E-state index contributed by atoms with van der Waals surface area (Å²) in [5, 5.41) is 8.79. The highest BCUT2D eigenvalue weighted by molar-refractivity contribution is 8.00. The van der Waals surface area contributed by atoms with Crippen LogP contribution in [0.5, 0.6) is 0 Å². The van der Waals surface area contributed by atoms with Crippen molar-refractivity contribution >= 4 is 24.0 Å². The van der Waals surface area contributed by atoms with Crippen LogP contribution in [0.2, 0.25) is 0 Å². The van der Waals surface area contributed by atoms with Crippen LogP contribution in [0.4, 0.5) is 13.2 Å². The number of hydrogen-bond donors (Lipinski definition) is 0. The Bertz CT molecular complexity index is 564. The van der Waals surface area contributed by atoms with Gasteiger partial charge in [0.2, 0.25) is 0 Å². The van der Waals surface area contributed by atoms with E-state index in [1.807, 2.05) is 0 Å². The number of ether oxygens (including phenoxy) is 1. The molecule has 4 nitrogen and oxygen atoms in total. The van der Waals surface area contributed by atoms with Gasteiger partial charge in [0.25, 0.3) is 0 Å². The van der Waals surface area contributed by atoms with Gasteiger partial charge in [-0.1, -0.05) is 0 Å². The lowest BCUT2D eigenvalue weighted by molar-refractivity contribution is -0.0328. The number of halogens is 3. The normalized spacial score (nSPS) is 10.7. The first-order valence-corrected chi connectivity index (χ1v) is 5.52. The fraction of sp³-hybridized carbons (Fsp3) is 0.182. The van der Waals surface area contributed by atoms with Gasteiger partial charge in [-0.15, -0.1) is 0 Å². The molecule has 0 aliphatic carbocycles. The zero-order valence-electron chi connectivity index (χ0n) is 9.45. The molecule has 0 fully saturated rings. The van der Waals surface area contributed by atoms with E-state index in [-0.39, 0.29) is 17.4 Å². The lowest BCUT2D eigenvalue weighted by Crippen LogP contribution is -2.11. The average molecular weight is 289 g/mol. The molecule has 0 aliphatic rings.